The third kappa shape index (κ3) is 3.86. The second-order valence-corrected chi connectivity index (χ2v) is 1.42. The lowest BCUT2D eigenvalue weighted by Gasteiger charge is -1.56. The van der Waals surface area contributed by atoms with Crippen LogP contribution in [0.1, 0.15) is 0 Å². The van der Waals surface area contributed by atoms with E-state index in [4.69, 9.17) is 14.2 Å². The van der Waals surface area contributed by atoms with Gasteiger partial charge in [-0.25, -0.2) is 9.13 Å². The Morgan fingerprint density at radius 3 is 1.80 bits per heavy atom. The van der Waals surface area contributed by atoms with E-state index in [2.05, 4.69) is 0 Å². The summed E-state index contributed by atoms with van der Waals surface area (Å²) in [4.78, 5) is 0. The van der Waals surface area contributed by atoms with Crippen LogP contribution in [-0.2, 0) is 9.13 Å². The highest BCUT2D eigenvalue weighted by atomic mass is 31.1. The molecule has 0 aromatic heterocycles. The predicted octanol–water partition coefficient (Wildman–Crippen LogP) is 0.109. The second kappa shape index (κ2) is 2.12. The second-order valence-electron chi connectivity index (χ2n) is 0.474. The third-order valence-corrected chi connectivity index (χ3v) is 0.346. The van der Waals surface area contributed by atoms with Gasteiger partial charge in [0.1, 0.15) is 0 Å². The lowest BCUT2D eigenvalue weighted by atomic mass is 11.7. The zero-order valence-corrected chi connectivity index (χ0v) is 3.31. The highest BCUT2D eigenvalue weighted by molar-refractivity contribution is 7.30. The molecule has 4 heteroatoms. The molecule has 1 N–H and O–H groups in total. The minimum atomic E-state index is -2.54. The van der Waals surface area contributed by atoms with Crippen LogP contribution >= 0.6 is 7.68 Å². The number of hydrogen-bond acceptors (Lipinski definition) is 3. The van der Waals surface area contributed by atoms with Gasteiger partial charge in [0.05, 0.1) is 0 Å². The largest absolute Gasteiger partial charge is 0.381 e. The molecule has 0 aliphatic heterocycles. The van der Waals surface area contributed by atoms with Crippen molar-refractivity contribution in [2.75, 3.05) is 6.35 Å². The van der Waals surface area contributed by atoms with Gasteiger partial charge in [-0.2, -0.15) is 0 Å². The van der Waals surface area contributed by atoms with E-state index in [9.17, 15) is 0 Å². The summed E-state index contributed by atoms with van der Waals surface area (Å²) in [6, 6.07) is 0. The van der Waals surface area contributed by atoms with Crippen LogP contribution in [0.5, 0.6) is 0 Å². The Hall–Kier alpha value is -0.140. The van der Waals surface area contributed by atoms with E-state index in [0.29, 0.717) is 0 Å². The normalized spacial score (nSPS) is 7.40. The van der Waals surface area contributed by atoms with E-state index in [1.807, 2.05) is 0 Å². The smallest absolute Gasteiger partial charge is 0.341 e. The molecule has 30 valence electrons. The molecule has 0 saturated heterocycles. The maximum absolute atomic E-state index is 9.16. The molecule has 3 nitrogen and oxygen atoms in total. The van der Waals surface area contributed by atoms with Gasteiger partial charge in [0.15, 0.2) is 6.35 Å². The molecular weight excluding hydrogens is 91.0 g/mol. The minimum absolute atomic E-state index is 0.741. The number of rotatable bonds is 1. The molecule has 0 aromatic rings. The summed E-state index contributed by atoms with van der Waals surface area (Å²) in [6.07, 6.45) is -0.741. The van der Waals surface area contributed by atoms with Gasteiger partial charge in [0, 0.05) is 0 Å². The molecule has 0 rings (SSSR count). The van der Waals surface area contributed by atoms with Gasteiger partial charge >= 0.3 is 7.68 Å². The van der Waals surface area contributed by atoms with Crippen molar-refractivity contribution in [3.8, 4) is 0 Å². The predicted molar refractivity (Wildman–Crippen MR) is 15.4 cm³/mol. The monoisotopic (exact) mass is 94.0 g/mol. The van der Waals surface area contributed by atoms with E-state index < -0.39 is 14.0 Å². The van der Waals surface area contributed by atoms with Gasteiger partial charge in [0.2, 0.25) is 0 Å². The van der Waals surface area contributed by atoms with Crippen molar-refractivity contribution >= 4 is 7.68 Å². The minimum Gasteiger partial charge on any atom is -0.381 e. The molecule has 0 saturated carbocycles. The topological polar surface area (TPSA) is 54.4 Å². The Balaban J connectivity index is 3.23. The molecule has 0 radical (unpaired) electrons. The van der Waals surface area contributed by atoms with Crippen molar-refractivity contribution in [1.29, 1.82) is 0 Å². The summed E-state index contributed by atoms with van der Waals surface area (Å²) in [5.41, 5.74) is 0. The molecule has 0 aromatic carbocycles. The van der Waals surface area contributed by atoms with Gasteiger partial charge < -0.3 is 5.11 Å². The van der Waals surface area contributed by atoms with Crippen LogP contribution < -0.4 is 0 Å². The van der Waals surface area contributed by atoms with Gasteiger partial charge in [0.25, 0.3) is 0 Å². The molecular formula is CH3O3P. The Labute approximate surface area is 29.4 Å². The van der Waals surface area contributed by atoms with Crippen LogP contribution in [0, 0.1) is 0 Å². The van der Waals surface area contributed by atoms with Crippen molar-refractivity contribution in [2.24, 2.45) is 0 Å². The van der Waals surface area contributed by atoms with Crippen LogP contribution in [0.4, 0.5) is 0 Å². The molecule has 0 aliphatic rings. The Kier molecular flexibility index (Phi) is 2.06. The Morgan fingerprint density at radius 2 is 1.80 bits per heavy atom. The summed E-state index contributed by atoms with van der Waals surface area (Å²) < 4.78 is 18.3. The fourth-order valence-corrected chi connectivity index (χ4v) is 0. The molecule has 0 bridgehead atoms. The first-order chi connectivity index (χ1) is 2.27. The first kappa shape index (κ1) is 4.86. The molecule has 0 spiro atoms. The fraction of sp³-hybridized carbons (Fsp3) is 1.00. The van der Waals surface area contributed by atoms with Crippen LogP contribution in [-0.4, -0.2) is 11.5 Å². The average molecular weight is 94.0 g/mol. The van der Waals surface area contributed by atoms with Crippen molar-refractivity contribution in [1.82, 2.24) is 0 Å². The maximum atomic E-state index is 9.16. The van der Waals surface area contributed by atoms with Gasteiger partial charge in [-0.1, -0.05) is 0 Å². The van der Waals surface area contributed by atoms with Crippen molar-refractivity contribution < 1.29 is 14.2 Å². The molecule has 0 unspecified atom stereocenters. The Bertz CT molecular complexity index is 65.0. The molecule has 0 fully saturated rings. The van der Waals surface area contributed by atoms with E-state index in [-0.39, 0.29) is 0 Å². The highest BCUT2D eigenvalue weighted by Gasteiger charge is 1.74. The number of hydrogen-bond donors (Lipinski definition) is 1. The molecule has 5 heavy (non-hydrogen) atoms. The Morgan fingerprint density at radius 1 is 1.60 bits per heavy atom. The summed E-state index contributed by atoms with van der Waals surface area (Å²) in [5, 5.41) is 7.55. The zero-order chi connectivity index (χ0) is 4.28. The van der Waals surface area contributed by atoms with E-state index >= 15 is 0 Å². The summed E-state index contributed by atoms with van der Waals surface area (Å²) in [5.74, 6) is 0. The summed E-state index contributed by atoms with van der Waals surface area (Å²) in [6.45, 7) is 0. The molecule has 0 heterocycles. The molecule has 0 aliphatic carbocycles. The van der Waals surface area contributed by atoms with E-state index in [1.165, 1.54) is 0 Å². The summed E-state index contributed by atoms with van der Waals surface area (Å²) >= 11 is 0. The molecule has 0 atom stereocenters. The van der Waals surface area contributed by atoms with Crippen molar-refractivity contribution in [2.45, 2.75) is 0 Å². The average Bonchev–Trinajstić information content (AvgIpc) is 1.38. The standard InChI is InChI=1S/CH3O3P/c2-1-5(3)4/h2H,1H2. The number of aliphatic hydroxyl groups excluding tert-OH is 1. The van der Waals surface area contributed by atoms with Crippen LogP contribution in [0.2, 0.25) is 0 Å². The first-order valence-corrected chi connectivity index (χ1v) is 2.36. The van der Waals surface area contributed by atoms with Crippen molar-refractivity contribution in [3.63, 3.8) is 0 Å². The first-order valence-electron chi connectivity index (χ1n) is 0.998. The fourth-order valence-electron chi connectivity index (χ4n) is 0. The summed E-state index contributed by atoms with van der Waals surface area (Å²) in [7, 11) is -2.54. The van der Waals surface area contributed by atoms with Crippen LogP contribution in [0.15, 0.2) is 0 Å². The van der Waals surface area contributed by atoms with Crippen molar-refractivity contribution in [3.05, 3.63) is 0 Å². The van der Waals surface area contributed by atoms with E-state index in [0.717, 1.165) is 0 Å². The maximum Gasteiger partial charge on any atom is 0.341 e. The van der Waals surface area contributed by atoms with Crippen LogP contribution in [0.3, 0.4) is 0 Å². The van der Waals surface area contributed by atoms with Crippen LogP contribution in [0.25, 0.3) is 0 Å². The SMILES string of the molecule is O=P(=O)CO. The van der Waals surface area contributed by atoms with Gasteiger partial charge in [-0.05, 0) is 0 Å². The molecule has 0 amide bonds. The highest BCUT2D eigenvalue weighted by Crippen LogP contribution is 1.94. The van der Waals surface area contributed by atoms with E-state index in [1.54, 1.807) is 0 Å². The van der Waals surface area contributed by atoms with Gasteiger partial charge in [-0.3, -0.25) is 0 Å². The lowest BCUT2D eigenvalue weighted by molar-refractivity contribution is 0.352. The zero-order valence-electron chi connectivity index (χ0n) is 2.42. The quantitative estimate of drug-likeness (QED) is 0.469. The number of aliphatic hydroxyl groups is 1. The lowest BCUT2D eigenvalue weighted by Crippen LogP contribution is -1.56. The van der Waals surface area contributed by atoms with Gasteiger partial charge in [-0.15, -0.1) is 0 Å². The third-order valence-electron chi connectivity index (χ3n) is 0.115.